The molecular formula is C22H28N3O2+. The summed E-state index contributed by atoms with van der Waals surface area (Å²) in [5, 5.41) is 3.21. The lowest BCUT2D eigenvalue weighted by Crippen LogP contribution is -3.18. The normalized spacial score (nSPS) is 20.8. The molecule has 142 valence electrons. The molecule has 1 saturated heterocycles. The minimum absolute atomic E-state index is 0.00664. The highest BCUT2D eigenvalue weighted by molar-refractivity contribution is 5.81. The van der Waals surface area contributed by atoms with Crippen LogP contribution in [0.2, 0.25) is 0 Å². The number of rotatable bonds is 6. The quantitative estimate of drug-likeness (QED) is 0.715. The van der Waals surface area contributed by atoms with Gasteiger partial charge in [-0.3, -0.25) is 9.59 Å². The molecular weight excluding hydrogens is 338 g/mol. The van der Waals surface area contributed by atoms with E-state index in [-0.39, 0.29) is 29.8 Å². The van der Waals surface area contributed by atoms with Crippen LogP contribution in [0.5, 0.6) is 0 Å². The molecule has 3 rings (SSSR count). The van der Waals surface area contributed by atoms with Crippen LogP contribution in [0.15, 0.2) is 60.7 Å². The monoisotopic (exact) mass is 366 g/mol. The third-order valence-electron chi connectivity index (χ3n) is 5.52. The Hall–Kier alpha value is -2.66. The van der Waals surface area contributed by atoms with E-state index in [2.05, 4.69) is 5.32 Å². The number of amides is 2. The van der Waals surface area contributed by atoms with Crippen LogP contribution < -0.4 is 16.0 Å². The fourth-order valence-corrected chi connectivity index (χ4v) is 3.84. The lowest BCUT2D eigenvalue weighted by atomic mass is 9.95. The van der Waals surface area contributed by atoms with E-state index in [4.69, 9.17) is 5.73 Å². The number of carbonyl (C=O) groups is 2. The number of hydrogen-bond acceptors (Lipinski definition) is 2. The lowest BCUT2D eigenvalue weighted by molar-refractivity contribution is -0.921. The fourth-order valence-electron chi connectivity index (χ4n) is 3.84. The van der Waals surface area contributed by atoms with Crippen molar-refractivity contribution in [3.05, 3.63) is 71.8 Å². The van der Waals surface area contributed by atoms with Gasteiger partial charge in [-0.05, 0) is 30.9 Å². The fraction of sp³-hybridized carbons (Fsp3) is 0.364. The third kappa shape index (κ3) is 4.74. The predicted molar refractivity (Wildman–Crippen MR) is 105 cm³/mol. The lowest BCUT2D eigenvalue weighted by Gasteiger charge is -2.32. The van der Waals surface area contributed by atoms with E-state index < -0.39 is 0 Å². The van der Waals surface area contributed by atoms with E-state index >= 15 is 0 Å². The van der Waals surface area contributed by atoms with Gasteiger partial charge in [-0.25, -0.2) is 0 Å². The Morgan fingerprint density at radius 3 is 2.11 bits per heavy atom. The minimum atomic E-state index is -0.258. The number of piperidine rings is 1. The van der Waals surface area contributed by atoms with Crippen LogP contribution in [0.3, 0.4) is 0 Å². The topological polar surface area (TPSA) is 76.6 Å². The average molecular weight is 366 g/mol. The van der Waals surface area contributed by atoms with Gasteiger partial charge < -0.3 is 16.0 Å². The summed E-state index contributed by atoms with van der Waals surface area (Å²) in [6.45, 7) is 3.45. The SMILES string of the molecule is C[C@H](C(=O)NC(c1ccccc1)c1ccccc1)[NH+]1CCC[C@H](C(N)=O)C1. The Kier molecular flexibility index (Phi) is 6.24. The molecule has 0 bridgehead atoms. The van der Waals surface area contributed by atoms with Gasteiger partial charge in [0.05, 0.1) is 25.0 Å². The van der Waals surface area contributed by atoms with Crippen LogP contribution >= 0.6 is 0 Å². The van der Waals surface area contributed by atoms with E-state index in [1.807, 2.05) is 67.6 Å². The first-order chi connectivity index (χ1) is 13.1. The van der Waals surface area contributed by atoms with Gasteiger partial charge in [0.25, 0.3) is 5.91 Å². The molecule has 0 radical (unpaired) electrons. The summed E-state index contributed by atoms with van der Waals surface area (Å²) in [5.41, 5.74) is 7.58. The second kappa shape index (κ2) is 8.82. The molecule has 1 heterocycles. The van der Waals surface area contributed by atoms with Crippen LogP contribution in [-0.4, -0.2) is 30.9 Å². The molecule has 1 fully saturated rings. The molecule has 2 aromatic rings. The van der Waals surface area contributed by atoms with Gasteiger partial charge in [-0.1, -0.05) is 60.7 Å². The Labute approximate surface area is 160 Å². The number of carbonyl (C=O) groups excluding carboxylic acids is 2. The molecule has 1 aliphatic heterocycles. The Bertz CT molecular complexity index is 724. The predicted octanol–water partition coefficient (Wildman–Crippen LogP) is 1.06. The number of benzene rings is 2. The number of likely N-dealkylation sites (tertiary alicyclic amines) is 1. The van der Waals surface area contributed by atoms with Gasteiger partial charge >= 0.3 is 0 Å². The zero-order valence-corrected chi connectivity index (χ0v) is 15.7. The molecule has 27 heavy (non-hydrogen) atoms. The van der Waals surface area contributed by atoms with E-state index in [0.29, 0.717) is 6.54 Å². The van der Waals surface area contributed by atoms with Crippen LogP contribution in [0.4, 0.5) is 0 Å². The standard InChI is InChI=1S/C22H27N3O2/c1-16(25-14-8-13-19(15-25)21(23)26)22(27)24-20(17-9-4-2-5-10-17)18-11-6-3-7-12-18/h2-7,9-12,16,19-20H,8,13-15H2,1H3,(H2,23,26)(H,24,27)/p+1/t16-,19+/m1/s1. The van der Waals surface area contributed by atoms with Gasteiger partial charge in [0.1, 0.15) is 0 Å². The Morgan fingerprint density at radius 2 is 1.59 bits per heavy atom. The zero-order chi connectivity index (χ0) is 19.2. The number of primary amides is 1. The Balaban J connectivity index is 1.75. The largest absolute Gasteiger partial charge is 0.369 e. The first kappa shape index (κ1) is 19.1. The van der Waals surface area contributed by atoms with Gasteiger partial charge in [0.2, 0.25) is 5.91 Å². The highest BCUT2D eigenvalue weighted by Crippen LogP contribution is 2.21. The first-order valence-electron chi connectivity index (χ1n) is 9.60. The first-order valence-corrected chi connectivity index (χ1v) is 9.60. The summed E-state index contributed by atoms with van der Waals surface area (Å²) < 4.78 is 0. The third-order valence-corrected chi connectivity index (χ3v) is 5.52. The van der Waals surface area contributed by atoms with Crippen molar-refractivity contribution in [2.45, 2.75) is 31.8 Å². The zero-order valence-electron chi connectivity index (χ0n) is 15.7. The van der Waals surface area contributed by atoms with Crippen LogP contribution in [0.25, 0.3) is 0 Å². The summed E-state index contributed by atoms with van der Waals surface area (Å²) in [4.78, 5) is 25.7. The maximum absolute atomic E-state index is 13.0. The number of nitrogens with two attached hydrogens (primary N) is 1. The van der Waals surface area contributed by atoms with Crippen molar-refractivity contribution in [1.29, 1.82) is 0 Å². The molecule has 5 nitrogen and oxygen atoms in total. The summed E-state index contributed by atoms with van der Waals surface area (Å²) >= 11 is 0. The van der Waals surface area contributed by atoms with Gasteiger partial charge in [-0.2, -0.15) is 0 Å². The van der Waals surface area contributed by atoms with Gasteiger partial charge in [0.15, 0.2) is 6.04 Å². The molecule has 4 N–H and O–H groups in total. The minimum Gasteiger partial charge on any atom is -0.369 e. The molecule has 1 aliphatic rings. The van der Waals surface area contributed by atoms with E-state index in [0.717, 1.165) is 35.4 Å². The molecule has 2 amide bonds. The summed E-state index contributed by atoms with van der Waals surface area (Å²) in [6.07, 6.45) is 1.74. The van der Waals surface area contributed by atoms with Crippen LogP contribution in [-0.2, 0) is 9.59 Å². The molecule has 0 aromatic heterocycles. The van der Waals surface area contributed by atoms with E-state index in [1.165, 1.54) is 0 Å². The van der Waals surface area contributed by atoms with Gasteiger partial charge in [-0.15, -0.1) is 0 Å². The van der Waals surface area contributed by atoms with E-state index in [1.54, 1.807) is 0 Å². The highest BCUT2D eigenvalue weighted by atomic mass is 16.2. The highest BCUT2D eigenvalue weighted by Gasteiger charge is 2.34. The summed E-state index contributed by atoms with van der Waals surface area (Å²) in [6, 6.07) is 19.5. The average Bonchev–Trinajstić information content (AvgIpc) is 2.72. The molecule has 1 unspecified atom stereocenters. The van der Waals surface area contributed by atoms with Crippen molar-refractivity contribution in [2.24, 2.45) is 11.7 Å². The van der Waals surface area contributed by atoms with Crippen molar-refractivity contribution in [2.75, 3.05) is 13.1 Å². The molecule has 5 heteroatoms. The van der Waals surface area contributed by atoms with Crippen molar-refractivity contribution in [1.82, 2.24) is 5.32 Å². The van der Waals surface area contributed by atoms with Gasteiger partial charge in [0, 0.05) is 0 Å². The molecule has 3 atom stereocenters. The number of quaternary nitrogens is 1. The van der Waals surface area contributed by atoms with Crippen LogP contribution in [0, 0.1) is 5.92 Å². The summed E-state index contributed by atoms with van der Waals surface area (Å²) in [5.74, 6) is -0.401. The van der Waals surface area contributed by atoms with Crippen LogP contribution in [0.1, 0.15) is 36.9 Å². The van der Waals surface area contributed by atoms with E-state index in [9.17, 15) is 9.59 Å². The van der Waals surface area contributed by atoms with Crippen molar-refractivity contribution < 1.29 is 14.5 Å². The van der Waals surface area contributed by atoms with Crippen molar-refractivity contribution in [3.63, 3.8) is 0 Å². The Morgan fingerprint density at radius 1 is 1.04 bits per heavy atom. The molecule has 2 aromatic carbocycles. The molecule has 0 spiro atoms. The smallest absolute Gasteiger partial charge is 0.278 e. The van der Waals surface area contributed by atoms with Crippen molar-refractivity contribution in [3.8, 4) is 0 Å². The second-order valence-electron chi connectivity index (χ2n) is 7.34. The number of nitrogens with one attached hydrogen (secondary N) is 2. The molecule has 0 saturated carbocycles. The maximum atomic E-state index is 13.0. The number of hydrogen-bond donors (Lipinski definition) is 3. The summed E-state index contributed by atoms with van der Waals surface area (Å²) in [7, 11) is 0. The van der Waals surface area contributed by atoms with Crippen molar-refractivity contribution >= 4 is 11.8 Å². The second-order valence-corrected chi connectivity index (χ2v) is 7.34. The maximum Gasteiger partial charge on any atom is 0.278 e. The molecule has 0 aliphatic carbocycles.